The molecule has 0 saturated carbocycles. The number of hydrogen-bond donors (Lipinski definition) is 0. The molecule has 0 saturated heterocycles. The van der Waals surface area contributed by atoms with Crippen molar-refractivity contribution in [1.29, 1.82) is 0 Å². The zero-order chi connectivity index (χ0) is 12.0. The van der Waals surface area contributed by atoms with Crippen molar-refractivity contribution >= 4 is 11.6 Å². The molecule has 0 radical (unpaired) electrons. The van der Waals surface area contributed by atoms with Crippen LogP contribution in [0.5, 0.6) is 0 Å². The van der Waals surface area contributed by atoms with Crippen molar-refractivity contribution in [3.05, 3.63) is 47.4 Å². The van der Waals surface area contributed by atoms with E-state index in [1.54, 1.807) is 0 Å². The molecule has 1 aromatic rings. The lowest BCUT2D eigenvalue weighted by atomic mass is 9.95. The Morgan fingerprint density at radius 1 is 1.08 bits per heavy atom. The maximum atomic E-state index is 11.6. The molecule has 0 unspecified atom stereocenters. The van der Waals surface area contributed by atoms with Gasteiger partial charge in [-0.25, -0.2) is 0 Å². The Hall–Kier alpha value is -1.70. The number of ketones is 2. The molecule has 0 aromatic heterocycles. The Morgan fingerprint density at radius 2 is 1.75 bits per heavy atom. The van der Waals surface area contributed by atoms with Gasteiger partial charge in [-0.2, -0.15) is 0 Å². The number of benzene rings is 1. The van der Waals surface area contributed by atoms with Gasteiger partial charge in [0.25, 0.3) is 0 Å². The molecule has 0 heterocycles. The summed E-state index contributed by atoms with van der Waals surface area (Å²) in [7, 11) is 0. The predicted octanol–water partition coefficient (Wildman–Crippen LogP) is 1.62. The first kappa shape index (κ1) is 3.81. The third-order valence-corrected chi connectivity index (χ3v) is 1.56. The van der Waals surface area contributed by atoms with Crippen molar-refractivity contribution in [2.24, 2.45) is 0 Å². The lowest BCUT2D eigenvalue weighted by Gasteiger charge is -2.06. The van der Waals surface area contributed by atoms with Crippen molar-refractivity contribution in [3.63, 3.8) is 0 Å². The minimum atomic E-state index is -0.835. The number of fused-ring (bicyclic) bond motifs is 1. The van der Waals surface area contributed by atoms with Crippen LogP contribution in [0.4, 0.5) is 0 Å². The van der Waals surface area contributed by atoms with Crippen LogP contribution < -0.4 is 0 Å². The fourth-order valence-corrected chi connectivity index (χ4v) is 1.00. The summed E-state index contributed by atoms with van der Waals surface area (Å²) < 4.78 is 29.5. The number of rotatable bonds is 0. The molecular weight excluding hydrogens is 152 g/mol. The van der Waals surface area contributed by atoms with E-state index in [4.69, 9.17) is 5.48 Å². The fourth-order valence-electron chi connectivity index (χ4n) is 1.00. The van der Waals surface area contributed by atoms with Gasteiger partial charge in [-0.15, -0.1) is 0 Å². The van der Waals surface area contributed by atoms with Gasteiger partial charge in [0.05, 0.1) is 5.48 Å². The summed E-state index contributed by atoms with van der Waals surface area (Å²) in [5, 5.41) is 0. The van der Waals surface area contributed by atoms with Crippen LogP contribution in [0.25, 0.3) is 0 Å². The van der Waals surface area contributed by atoms with Crippen LogP contribution in [0, 0.1) is 0 Å². The second-order valence-corrected chi connectivity index (χ2v) is 2.30. The van der Waals surface area contributed by atoms with Gasteiger partial charge in [0.1, 0.15) is 0 Å². The molecule has 0 atom stereocenters. The summed E-state index contributed by atoms with van der Waals surface area (Å²) in [5.74, 6) is -1.58. The van der Waals surface area contributed by atoms with Gasteiger partial charge in [-0.05, 0) is 12.1 Å². The van der Waals surface area contributed by atoms with Crippen LogP contribution in [-0.2, 0) is 0 Å². The van der Waals surface area contributed by atoms with E-state index in [-0.39, 0.29) is 23.2 Å². The van der Waals surface area contributed by atoms with E-state index in [0.29, 0.717) is 0 Å². The van der Waals surface area contributed by atoms with Gasteiger partial charge in [0.15, 0.2) is 11.6 Å². The van der Waals surface area contributed by atoms with Gasteiger partial charge in [0, 0.05) is 11.1 Å². The Bertz CT molecular complexity index is 560. The zero-order valence-electron chi connectivity index (χ0n) is 9.97. The summed E-state index contributed by atoms with van der Waals surface area (Å²) in [6, 6.07) is 0.561. The second kappa shape index (κ2) is 2.41. The predicted molar refractivity (Wildman–Crippen MR) is 44.2 cm³/mol. The molecule has 0 amide bonds. The van der Waals surface area contributed by atoms with Crippen LogP contribution in [0.3, 0.4) is 0 Å². The minimum Gasteiger partial charge on any atom is -0.289 e. The minimum absolute atomic E-state index is 0.0630. The number of allylic oxidation sites excluding steroid dienone is 2. The van der Waals surface area contributed by atoms with Crippen molar-refractivity contribution in [2.45, 2.75) is 0 Å². The molecule has 1 aliphatic rings. The van der Waals surface area contributed by atoms with Gasteiger partial charge < -0.3 is 0 Å². The van der Waals surface area contributed by atoms with E-state index < -0.39 is 23.7 Å². The van der Waals surface area contributed by atoms with Gasteiger partial charge >= 0.3 is 0 Å². The Balaban J connectivity index is 2.82. The van der Waals surface area contributed by atoms with Crippen molar-refractivity contribution in [1.82, 2.24) is 0 Å². The van der Waals surface area contributed by atoms with Crippen molar-refractivity contribution in [3.8, 4) is 0 Å². The van der Waals surface area contributed by atoms with E-state index in [2.05, 4.69) is 0 Å². The lowest BCUT2D eigenvalue weighted by molar-refractivity contribution is 0.0994. The first-order chi connectivity index (χ1) is 7.45. The van der Waals surface area contributed by atoms with E-state index in [0.717, 1.165) is 0 Å². The van der Waals surface area contributed by atoms with Gasteiger partial charge in [-0.3, -0.25) is 9.59 Å². The topological polar surface area (TPSA) is 34.1 Å². The van der Waals surface area contributed by atoms with Crippen LogP contribution >= 0.6 is 0 Å². The van der Waals surface area contributed by atoms with Crippen LogP contribution in [0.1, 0.15) is 26.2 Å². The lowest BCUT2D eigenvalue weighted by Crippen LogP contribution is -2.10. The standard InChI is InChI=1S/C10H6O2/c11-9-5-6-10(12)8-4-2-1-3-7(8)9/h1-6H/i1D,3D,5D,6D. The average Bonchev–Trinajstić information content (AvgIpc) is 2.27. The van der Waals surface area contributed by atoms with Gasteiger partial charge in [-0.1, -0.05) is 24.2 Å². The largest absolute Gasteiger partial charge is 0.289 e. The van der Waals surface area contributed by atoms with Crippen molar-refractivity contribution in [2.75, 3.05) is 0 Å². The maximum absolute atomic E-state index is 11.6. The Morgan fingerprint density at radius 3 is 2.50 bits per heavy atom. The molecule has 0 bridgehead atoms. The number of carbonyl (C=O) groups is 2. The summed E-state index contributed by atoms with van der Waals surface area (Å²) in [6.45, 7) is 0. The first-order valence-electron chi connectivity index (χ1n) is 5.32. The summed E-state index contributed by atoms with van der Waals surface area (Å²) in [5.41, 5.74) is -0.300. The van der Waals surface area contributed by atoms with Crippen LogP contribution in [0.15, 0.2) is 36.3 Å². The molecule has 12 heavy (non-hydrogen) atoms. The van der Waals surface area contributed by atoms with E-state index >= 15 is 0 Å². The normalized spacial score (nSPS) is 21.0. The molecule has 2 rings (SSSR count). The number of carbonyl (C=O) groups excluding carboxylic acids is 2. The second-order valence-electron chi connectivity index (χ2n) is 2.30. The smallest absolute Gasteiger partial charge is 0.186 e. The molecule has 1 aliphatic carbocycles. The number of hydrogen-bond acceptors (Lipinski definition) is 2. The van der Waals surface area contributed by atoms with E-state index in [1.807, 2.05) is 0 Å². The maximum Gasteiger partial charge on any atom is 0.186 e. The average molecular weight is 162 g/mol. The monoisotopic (exact) mass is 162 g/mol. The van der Waals surface area contributed by atoms with Crippen LogP contribution in [-0.4, -0.2) is 11.6 Å². The van der Waals surface area contributed by atoms with E-state index in [1.165, 1.54) is 12.1 Å². The Kier molecular flexibility index (Phi) is 0.765. The molecule has 0 fully saturated rings. The first-order valence-corrected chi connectivity index (χ1v) is 3.32. The molecule has 1 aromatic carbocycles. The molecule has 2 nitrogen and oxygen atoms in total. The van der Waals surface area contributed by atoms with Gasteiger partial charge in [0.2, 0.25) is 0 Å². The Labute approximate surface area is 75.1 Å². The third kappa shape index (κ3) is 0.889. The highest BCUT2D eigenvalue weighted by molar-refractivity contribution is 6.21. The summed E-state index contributed by atoms with van der Waals surface area (Å²) in [6.07, 6.45) is 0. The molecule has 0 N–H and O–H groups in total. The highest BCUT2D eigenvalue weighted by Gasteiger charge is 2.16. The zero-order valence-corrected chi connectivity index (χ0v) is 5.97. The molecular formula is C10H6O2. The molecule has 0 aliphatic heterocycles. The summed E-state index contributed by atoms with van der Waals surface area (Å²) in [4.78, 5) is 23.2. The quantitative estimate of drug-likeness (QED) is 0.581. The summed E-state index contributed by atoms with van der Waals surface area (Å²) >= 11 is 0. The fraction of sp³-hybridized carbons (Fsp3) is 0. The van der Waals surface area contributed by atoms with Crippen molar-refractivity contribution < 1.29 is 15.1 Å². The van der Waals surface area contributed by atoms with Crippen LogP contribution in [0.2, 0.25) is 0 Å². The molecule has 0 spiro atoms. The highest BCUT2D eigenvalue weighted by atomic mass is 16.1. The molecule has 2 heteroatoms. The SMILES string of the molecule is [2H]C1=C([2H])C(=O)c2c(ccc([2H])c2[2H])C1=O. The molecule has 58 valence electrons. The third-order valence-electron chi connectivity index (χ3n) is 1.56. The highest BCUT2D eigenvalue weighted by Crippen LogP contribution is 2.15. The van der Waals surface area contributed by atoms with E-state index in [9.17, 15) is 9.59 Å².